The highest BCUT2D eigenvalue weighted by atomic mass is 16.5. The molecular formula is C33H38N2O4. The third kappa shape index (κ3) is 4.02. The summed E-state index contributed by atoms with van der Waals surface area (Å²) >= 11 is 0. The Morgan fingerprint density at radius 3 is 2.79 bits per heavy atom. The minimum Gasteiger partial charge on any atom is -0.487 e. The maximum atomic E-state index is 13.5. The number of likely N-dealkylation sites (tertiary alicyclic amines) is 1. The predicted molar refractivity (Wildman–Crippen MR) is 150 cm³/mol. The molecule has 0 aromatic heterocycles. The van der Waals surface area contributed by atoms with Crippen LogP contribution in [0, 0.1) is 18.8 Å². The summed E-state index contributed by atoms with van der Waals surface area (Å²) in [7, 11) is 1.94. The Kier molecular flexibility index (Phi) is 5.89. The van der Waals surface area contributed by atoms with Crippen LogP contribution in [0.25, 0.3) is 6.08 Å². The van der Waals surface area contributed by atoms with Gasteiger partial charge >= 0.3 is 5.97 Å². The molecule has 2 saturated carbocycles. The van der Waals surface area contributed by atoms with Crippen LogP contribution in [0.1, 0.15) is 61.3 Å². The molecule has 2 aliphatic heterocycles. The molecule has 1 amide bonds. The lowest BCUT2D eigenvalue weighted by Crippen LogP contribution is -2.69. The molecule has 1 spiro atoms. The van der Waals surface area contributed by atoms with E-state index in [9.17, 15) is 9.59 Å². The van der Waals surface area contributed by atoms with E-state index in [1.165, 1.54) is 37.4 Å². The average Bonchev–Trinajstić information content (AvgIpc) is 3.67. The summed E-state index contributed by atoms with van der Waals surface area (Å²) in [6.07, 6.45) is 10.1. The number of carbonyl (C=O) groups excluding carboxylic acids is 2. The second kappa shape index (κ2) is 9.22. The minimum atomic E-state index is -0.284. The van der Waals surface area contributed by atoms with Gasteiger partial charge in [0.25, 0.3) is 0 Å². The van der Waals surface area contributed by atoms with Crippen molar-refractivity contribution in [3.05, 3.63) is 64.7 Å². The van der Waals surface area contributed by atoms with Crippen LogP contribution in [-0.2, 0) is 21.4 Å². The summed E-state index contributed by atoms with van der Waals surface area (Å²) in [5.41, 5.74) is 4.47. The number of likely N-dealkylation sites (N-methyl/N-ethyl adjacent to an activating group) is 1. The van der Waals surface area contributed by atoms with Gasteiger partial charge in [0, 0.05) is 49.2 Å². The van der Waals surface area contributed by atoms with Crippen molar-refractivity contribution in [3.8, 4) is 11.5 Å². The third-order valence-corrected chi connectivity index (χ3v) is 10.2. The molecule has 0 N–H and O–H groups in total. The van der Waals surface area contributed by atoms with Crippen LogP contribution in [0.15, 0.2) is 42.5 Å². The molecule has 6 heteroatoms. The lowest BCUT2D eigenvalue weighted by molar-refractivity contribution is -0.135. The number of carbonyl (C=O) groups is 2. The average molecular weight is 527 g/mol. The molecule has 5 atom stereocenters. The van der Waals surface area contributed by atoms with E-state index in [-0.39, 0.29) is 29.4 Å². The maximum Gasteiger partial charge on any atom is 0.308 e. The van der Waals surface area contributed by atoms with Gasteiger partial charge in [-0.15, -0.1) is 0 Å². The lowest BCUT2D eigenvalue weighted by Gasteiger charge is -2.60. The molecule has 204 valence electrons. The lowest BCUT2D eigenvalue weighted by atomic mass is 9.51. The fraction of sp³-hybridized carbons (Fsp3) is 0.515. The molecule has 39 heavy (non-hydrogen) atoms. The highest BCUT2D eigenvalue weighted by Gasteiger charge is 2.66. The Bertz CT molecular complexity index is 1360. The number of aryl methyl sites for hydroxylation is 1. The Labute approximate surface area is 231 Å². The molecule has 3 aliphatic carbocycles. The van der Waals surface area contributed by atoms with Gasteiger partial charge in [-0.05, 0) is 87.6 Å². The summed E-state index contributed by atoms with van der Waals surface area (Å²) in [5.74, 6) is 2.65. The van der Waals surface area contributed by atoms with Crippen LogP contribution >= 0.6 is 0 Å². The summed E-state index contributed by atoms with van der Waals surface area (Å²) in [5, 5.41) is 0. The molecular weight excluding hydrogens is 488 g/mol. The topological polar surface area (TPSA) is 59.1 Å². The molecule has 0 unspecified atom stereocenters. The molecule has 2 aromatic carbocycles. The summed E-state index contributed by atoms with van der Waals surface area (Å²) in [6.45, 7) is 5.77. The Hall–Kier alpha value is -3.12. The number of benzene rings is 2. The Morgan fingerprint density at radius 1 is 1.18 bits per heavy atom. The van der Waals surface area contributed by atoms with Gasteiger partial charge in [0.05, 0.1) is 6.04 Å². The van der Waals surface area contributed by atoms with Crippen molar-refractivity contribution in [2.45, 2.75) is 76.0 Å². The van der Waals surface area contributed by atoms with E-state index in [1.54, 1.807) is 6.08 Å². The summed E-state index contributed by atoms with van der Waals surface area (Å²) < 4.78 is 12.6. The summed E-state index contributed by atoms with van der Waals surface area (Å²) in [6, 6.07) is 12.5. The molecule has 1 saturated heterocycles. The first-order chi connectivity index (χ1) is 18.8. The molecule has 2 heterocycles. The van der Waals surface area contributed by atoms with Gasteiger partial charge in [0.2, 0.25) is 5.91 Å². The number of nitrogens with zero attached hydrogens (tertiary/aromatic N) is 2. The van der Waals surface area contributed by atoms with Gasteiger partial charge in [-0.2, -0.15) is 0 Å². The Balaban J connectivity index is 1.24. The van der Waals surface area contributed by atoms with Crippen molar-refractivity contribution in [2.75, 3.05) is 20.1 Å². The van der Waals surface area contributed by atoms with E-state index in [0.29, 0.717) is 17.7 Å². The van der Waals surface area contributed by atoms with Gasteiger partial charge < -0.3 is 14.4 Å². The van der Waals surface area contributed by atoms with E-state index in [4.69, 9.17) is 9.47 Å². The summed E-state index contributed by atoms with van der Waals surface area (Å²) in [4.78, 5) is 30.1. The van der Waals surface area contributed by atoms with Crippen molar-refractivity contribution >= 4 is 18.0 Å². The second-order valence-electron chi connectivity index (χ2n) is 12.5. The van der Waals surface area contributed by atoms with Gasteiger partial charge in [-0.25, -0.2) is 0 Å². The molecule has 2 bridgehead atoms. The first-order valence-corrected chi connectivity index (χ1v) is 14.6. The number of amides is 1. The number of hydrogen-bond donors (Lipinski definition) is 0. The van der Waals surface area contributed by atoms with E-state index >= 15 is 0 Å². The van der Waals surface area contributed by atoms with Crippen molar-refractivity contribution in [1.29, 1.82) is 0 Å². The highest BCUT2D eigenvalue weighted by Crippen LogP contribution is 2.64. The number of ether oxygens (including phenoxy) is 2. The molecule has 6 nitrogen and oxygen atoms in total. The van der Waals surface area contributed by atoms with Crippen LogP contribution in [0.3, 0.4) is 0 Å². The molecule has 7 rings (SSSR count). The predicted octanol–water partition coefficient (Wildman–Crippen LogP) is 4.91. The van der Waals surface area contributed by atoms with Crippen LogP contribution in [0.2, 0.25) is 0 Å². The van der Waals surface area contributed by atoms with E-state index in [2.05, 4.69) is 24.0 Å². The van der Waals surface area contributed by atoms with Gasteiger partial charge in [0.15, 0.2) is 0 Å². The van der Waals surface area contributed by atoms with Crippen molar-refractivity contribution in [3.63, 3.8) is 0 Å². The number of rotatable bonds is 6. The van der Waals surface area contributed by atoms with Crippen molar-refractivity contribution in [2.24, 2.45) is 11.8 Å². The van der Waals surface area contributed by atoms with Gasteiger partial charge in [-0.1, -0.05) is 29.8 Å². The number of hydrogen-bond acceptors (Lipinski definition) is 5. The molecule has 5 aliphatic rings. The maximum absolute atomic E-state index is 13.5. The monoisotopic (exact) mass is 526 g/mol. The highest BCUT2D eigenvalue weighted by molar-refractivity contribution is 5.92. The normalized spacial score (nSPS) is 30.5. The number of piperidine rings is 1. The second-order valence-corrected chi connectivity index (χ2v) is 12.5. The Morgan fingerprint density at radius 2 is 2.03 bits per heavy atom. The fourth-order valence-electron chi connectivity index (χ4n) is 8.33. The fourth-order valence-corrected chi connectivity index (χ4v) is 8.33. The zero-order valence-corrected chi connectivity index (χ0v) is 23.2. The van der Waals surface area contributed by atoms with Crippen LogP contribution in [-0.4, -0.2) is 60.0 Å². The zero-order valence-electron chi connectivity index (χ0n) is 23.2. The smallest absolute Gasteiger partial charge is 0.308 e. The largest absolute Gasteiger partial charge is 0.487 e. The SMILES string of the molecule is CC(=O)Oc1ccc2c3c1C[C@@H]1[C@@H]4CC[C@@H](N(C)C(=O)C=Cc5cccc(C)c5)[C@H](O2)[C@]34CCN1CC1CC1. The standard InChI is InChI=1S/C33H38N2O4/c1-20-5-4-6-22(17-20)9-14-30(37)34(3)26-11-10-25-27-18-24-28(38-21(2)36)12-13-29-31(24)33(25,32(26)39-29)15-16-35(27)19-23-7-8-23/h4-6,9,12-14,17,23,25-27,32H,7-8,10-11,15-16,18-19H2,1-3H3/t25-,26+,27+,32-,33-/m0/s1. The van der Waals surface area contributed by atoms with Crippen LogP contribution < -0.4 is 9.47 Å². The van der Waals surface area contributed by atoms with Crippen LogP contribution in [0.4, 0.5) is 0 Å². The van der Waals surface area contributed by atoms with E-state index < -0.39 is 0 Å². The molecule has 3 fully saturated rings. The van der Waals surface area contributed by atoms with Crippen molar-refractivity contribution < 1.29 is 19.1 Å². The van der Waals surface area contributed by atoms with E-state index in [0.717, 1.165) is 55.0 Å². The molecule has 2 aromatic rings. The first-order valence-electron chi connectivity index (χ1n) is 14.6. The third-order valence-electron chi connectivity index (χ3n) is 10.2. The molecule has 0 radical (unpaired) electrons. The quantitative estimate of drug-likeness (QED) is 0.304. The van der Waals surface area contributed by atoms with Gasteiger partial charge in [-0.3, -0.25) is 14.5 Å². The minimum absolute atomic E-state index is 0.00951. The first kappa shape index (κ1) is 24.9. The number of esters is 1. The van der Waals surface area contributed by atoms with Gasteiger partial charge in [0.1, 0.15) is 17.6 Å². The zero-order chi connectivity index (χ0) is 26.9. The van der Waals surface area contributed by atoms with E-state index in [1.807, 2.05) is 42.3 Å². The van der Waals surface area contributed by atoms with Crippen LogP contribution in [0.5, 0.6) is 11.5 Å². The van der Waals surface area contributed by atoms with Crippen molar-refractivity contribution in [1.82, 2.24) is 9.80 Å².